The molecule has 1 atom stereocenters. The van der Waals surface area contributed by atoms with Gasteiger partial charge in [-0.05, 0) is 64.1 Å². The lowest BCUT2D eigenvalue weighted by Crippen LogP contribution is -2.42. The number of aromatic amines is 1. The number of fused-ring (bicyclic) bond motifs is 1. The van der Waals surface area contributed by atoms with Crippen molar-refractivity contribution in [1.82, 2.24) is 14.8 Å². The van der Waals surface area contributed by atoms with Crippen molar-refractivity contribution in [2.45, 2.75) is 31.4 Å². The lowest BCUT2D eigenvalue weighted by molar-refractivity contribution is 0.110. The molecule has 0 amide bonds. The van der Waals surface area contributed by atoms with Crippen LogP contribution in [0.25, 0.3) is 11.1 Å². The number of aliphatic hydroxyl groups is 1. The monoisotopic (exact) mass is 319 g/mol. The van der Waals surface area contributed by atoms with E-state index in [2.05, 4.69) is 28.9 Å². The molecule has 0 aliphatic carbocycles. The number of oxazole rings is 1. The highest BCUT2D eigenvalue weighted by Crippen LogP contribution is 2.22. The maximum atomic E-state index is 11.2. The highest BCUT2D eigenvalue weighted by Gasteiger charge is 2.21. The smallest absolute Gasteiger partial charge is 0.408 e. The molecule has 1 saturated heterocycles. The minimum atomic E-state index is -0.548. The predicted octanol–water partition coefficient (Wildman–Crippen LogP) is 1.57. The number of aromatic nitrogens is 1. The summed E-state index contributed by atoms with van der Waals surface area (Å²) in [6, 6.07) is 5.96. The Morgan fingerprint density at radius 3 is 2.91 bits per heavy atom. The van der Waals surface area contributed by atoms with E-state index in [1.54, 1.807) is 12.1 Å². The summed E-state index contributed by atoms with van der Waals surface area (Å²) in [5.74, 6) is -0.464. The molecule has 0 saturated carbocycles. The minimum absolute atomic E-state index is 0.464. The van der Waals surface area contributed by atoms with E-state index in [4.69, 9.17) is 4.42 Å². The van der Waals surface area contributed by atoms with Crippen molar-refractivity contribution in [2.75, 3.05) is 33.7 Å². The lowest BCUT2D eigenvalue weighted by Gasteiger charge is -2.35. The Balaban J connectivity index is 1.57. The van der Waals surface area contributed by atoms with E-state index >= 15 is 0 Å². The molecule has 2 N–H and O–H groups in total. The summed E-state index contributed by atoms with van der Waals surface area (Å²) < 4.78 is 5.05. The van der Waals surface area contributed by atoms with Gasteiger partial charge in [0.1, 0.15) is 0 Å². The first-order valence-electron chi connectivity index (χ1n) is 8.22. The van der Waals surface area contributed by atoms with Crippen LogP contribution in [0.5, 0.6) is 0 Å². The third-order valence-electron chi connectivity index (χ3n) is 4.90. The number of hydrogen-bond acceptors (Lipinski definition) is 5. The van der Waals surface area contributed by atoms with Gasteiger partial charge in [0.2, 0.25) is 0 Å². The molecule has 23 heavy (non-hydrogen) atoms. The molecule has 126 valence electrons. The SMILES string of the molecule is CN1CCC(N(C)CCC(O)c2ccc3[nH]c(=O)oc3c2)CC1. The highest BCUT2D eigenvalue weighted by molar-refractivity contribution is 5.72. The van der Waals surface area contributed by atoms with Crippen molar-refractivity contribution in [2.24, 2.45) is 0 Å². The van der Waals surface area contributed by atoms with Crippen LogP contribution in [0.3, 0.4) is 0 Å². The minimum Gasteiger partial charge on any atom is -0.408 e. The lowest BCUT2D eigenvalue weighted by atomic mass is 10.0. The number of benzene rings is 1. The average Bonchev–Trinajstić information content (AvgIpc) is 2.92. The normalized spacial score (nSPS) is 18.8. The third kappa shape index (κ3) is 3.83. The Bertz CT molecular complexity index is 700. The fourth-order valence-electron chi connectivity index (χ4n) is 3.28. The van der Waals surface area contributed by atoms with Crippen LogP contribution in [0.15, 0.2) is 27.4 Å². The quantitative estimate of drug-likeness (QED) is 0.875. The average molecular weight is 319 g/mol. The van der Waals surface area contributed by atoms with Gasteiger partial charge in [-0.2, -0.15) is 0 Å². The first-order chi connectivity index (χ1) is 11.0. The summed E-state index contributed by atoms with van der Waals surface area (Å²) in [4.78, 5) is 18.5. The van der Waals surface area contributed by atoms with Crippen molar-refractivity contribution in [3.8, 4) is 0 Å². The summed E-state index contributed by atoms with van der Waals surface area (Å²) in [5, 5.41) is 10.4. The van der Waals surface area contributed by atoms with Gasteiger partial charge in [0, 0.05) is 12.6 Å². The molecule has 1 unspecified atom stereocenters. The van der Waals surface area contributed by atoms with E-state index in [9.17, 15) is 9.90 Å². The van der Waals surface area contributed by atoms with E-state index in [1.165, 1.54) is 12.8 Å². The van der Waals surface area contributed by atoms with E-state index < -0.39 is 11.9 Å². The van der Waals surface area contributed by atoms with Crippen molar-refractivity contribution in [3.05, 3.63) is 34.3 Å². The Kier molecular flexibility index (Phi) is 4.84. The van der Waals surface area contributed by atoms with Gasteiger partial charge in [-0.15, -0.1) is 0 Å². The molecule has 6 nitrogen and oxygen atoms in total. The second-order valence-corrected chi connectivity index (χ2v) is 6.59. The van der Waals surface area contributed by atoms with Crippen molar-refractivity contribution in [3.63, 3.8) is 0 Å². The van der Waals surface area contributed by atoms with Crippen LogP contribution >= 0.6 is 0 Å². The summed E-state index contributed by atoms with van der Waals surface area (Å²) in [6.45, 7) is 3.13. The van der Waals surface area contributed by atoms with Crippen LogP contribution in [-0.4, -0.2) is 59.7 Å². The Morgan fingerprint density at radius 2 is 2.17 bits per heavy atom. The second-order valence-electron chi connectivity index (χ2n) is 6.59. The number of H-pyrrole nitrogens is 1. The van der Waals surface area contributed by atoms with Crippen LogP contribution < -0.4 is 5.76 Å². The first kappa shape index (κ1) is 16.2. The zero-order valence-corrected chi connectivity index (χ0v) is 13.8. The van der Waals surface area contributed by atoms with Crippen molar-refractivity contribution >= 4 is 11.1 Å². The molecular formula is C17H25N3O3. The van der Waals surface area contributed by atoms with E-state index in [0.29, 0.717) is 23.6 Å². The van der Waals surface area contributed by atoms with Crippen LogP contribution in [0.1, 0.15) is 30.9 Å². The second kappa shape index (κ2) is 6.86. The standard InChI is InChI=1S/C17H25N3O3/c1-19-8-5-13(6-9-19)20(2)10-7-15(21)12-3-4-14-16(11-12)23-17(22)18-14/h3-4,11,13,15,21H,5-10H2,1-2H3,(H,18,22). The molecule has 3 rings (SSSR count). The molecule has 1 aromatic carbocycles. The number of hydrogen-bond donors (Lipinski definition) is 2. The molecule has 1 fully saturated rings. The molecule has 1 aromatic heterocycles. The molecule has 1 aliphatic heterocycles. The van der Waals surface area contributed by atoms with Gasteiger partial charge in [0.05, 0.1) is 11.6 Å². The molecule has 1 aliphatic rings. The molecule has 2 heterocycles. The van der Waals surface area contributed by atoms with E-state index in [-0.39, 0.29) is 0 Å². The van der Waals surface area contributed by atoms with Gasteiger partial charge < -0.3 is 19.3 Å². The zero-order chi connectivity index (χ0) is 16.4. The molecule has 0 bridgehead atoms. The summed E-state index contributed by atoms with van der Waals surface area (Å²) >= 11 is 0. The molecule has 6 heteroatoms. The summed E-state index contributed by atoms with van der Waals surface area (Å²) in [6.07, 6.45) is 2.49. The fourth-order valence-corrected chi connectivity index (χ4v) is 3.28. The fraction of sp³-hybridized carbons (Fsp3) is 0.588. The van der Waals surface area contributed by atoms with Crippen LogP contribution in [0, 0.1) is 0 Å². The number of nitrogens with one attached hydrogen (secondary N) is 1. The summed E-state index contributed by atoms with van der Waals surface area (Å²) in [7, 11) is 4.30. The zero-order valence-electron chi connectivity index (χ0n) is 13.8. The van der Waals surface area contributed by atoms with Crippen LogP contribution in [0.4, 0.5) is 0 Å². The molecule has 2 aromatic rings. The highest BCUT2D eigenvalue weighted by atomic mass is 16.4. The summed E-state index contributed by atoms with van der Waals surface area (Å²) in [5.41, 5.74) is 1.95. The van der Waals surface area contributed by atoms with Crippen LogP contribution in [-0.2, 0) is 0 Å². The van der Waals surface area contributed by atoms with Gasteiger partial charge >= 0.3 is 5.76 Å². The van der Waals surface area contributed by atoms with Crippen molar-refractivity contribution < 1.29 is 9.52 Å². The Hall–Kier alpha value is -1.63. The third-order valence-corrected chi connectivity index (χ3v) is 4.90. The largest absolute Gasteiger partial charge is 0.417 e. The number of nitrogens with zero attached hydrogens (tertiary/aromatic N) is 2. The van der Waals surface area contributed by atoms with E-state index in [0.717, 1.165) is 25.2 Å². The van der Waals surface area contributed by atoms with Crippen LogP contribution in [0.2, 0.25) is 0 Å². The van der Waals surface area contributed by atoms with Gasteiger partial charge in [-0.3, -0.25) is 4.98 Å². The number of aliphatic hydroxyl groups excluding tert-OH is 1. The van der Waals surface area contributed by atoms with Gasteiger partial charge in [-0.1, -0.05) is 6.07 Å². The van der Waals surface area contributed by atoms with Crippen molar-refractivity contribution in [1.29, 1.82) is 0 Å². The maximum absolute atomic E-state index is 11.2. The number of piperidine rings is 1. The van der Waals surface area contributed by atoms with Gasteiger partial charge in [0.15, 0.2) is 5.58 Å². The first-order valence-corrected chi connectivity index (χ1v) is 8.22. The van der Waals surface area contributed by atoms with Gasteiger partial charge in [-0.25, -0.2) is 4.79 Å². The van der Waals surface area contributed by atoms with Gasteiger partial charge in [0.25, 0.3) is 0 Å². The Labute approximate surface area is 135 Å². The molecular weight excluding hydrogens is 294 g/mol. The number of rotatable bonds is 5. The topological polar surface area (TPSA) is 72.7 Å². The maximum Gasteiger partial charge on any atom is 0.417 e. The Morgan fingerprint density at radius 1 is 1.43 bits per heavy atom. The van der Waals surface area contributed by atoms with E-state index in [1.807, 2.05) is 6.07 Å². The molecule has 0 spiro atoms. The molecule has 0 radical (unpaired) electrons. The number of likely N-dealkylation sites (tertiary alicyclic amines) is 1. The predicted molar refractivity (Wildman–Crippen MR) is 89.6 cm³/mol.